The standard InChI is InChI=1S/C8H11ClFNO2/c1-6(9)4-11-7(12)8(10)2-3-13-5-8/h1-5H2,(H,11,12). The van der Waals surface area contributed by atoms with Gasteiger partial charge in [-0.15, -0.1) is 0 Å². The summed E-state index contributed by atoms with van der Waals surface area (Å²) in [7, 11) is 0. The highest BCUT2D eigenvalue weighted by Crippen LogP contribution is 2.23. The smallest absolute Gasteiger partial charge is 0.260 e. The van der Waals surface area contributed by atoms with E-state index < -0.39 is 11.6 Å². The molecule has 1 amide bonds. The number of ether oxygens (including phenoxy) is 1. The Kier molecular flexibility index (Phi) is 3.27. The third-order valence-electron chi connectivity index (χ3n) is 1.82. The lowest BCUT2D eigenvalue weighted by atomic mass is 10.1. The number of halogens is 2. The summed E-state index contributed by atoms with van der Waals surface area (Å²) in [4.78, 5) is 11.2. The first kappa shape index (κ1) is 10.5. The van der Waals surface area contributed by atoms with Gasteiger partial charge < -0.3 is 10.1 Å². The van der Waals surface area contributed by atoms with Gasteiger partial charge in [-0.25, -0.2) is 4.39 Å². The zero-order chi connectivity index (χ0) is 9.90. The molecule has 1 aliphatic rings. The van der Waals surface area contributed by atoms with E-state index in [4.69, 9.17) is 16.3 Å². The van der Waals surface area contributed by atoms with Crippen molar-refractivity contribution in [3.05, 3.63) is 11.6 Å². The summed E-state index contributed by atoms with van der Waals surface area (Å²) in [5.41, 5.74) is -1.88. The van der Waals surface area contributed by atoms with Crippen LogP contribution in [0.3, 0.4) is 0 Å². The van der Waals surface area contributed by atoms with Gasteiger partial charge in [-0.3, -0.25) is 4.79 Å². The molecule has 1 unspecified atom stereocenters. The van der Waals surface area contributed by atoms with E-state index in [1.807, 2.05) is 0 Å². The van der Waals surface area contributed by atoms with Crippen LogP contribution in [-0.2, 0) is 9.53 Å². The molecule has 1 fully saturated rings. The van der Waals surface area contributed by atoms with E-state index in [1.165, 1.54) is 0 Å². The molecule has 0 aromatic heterocycles. The van der Waals surface area contributed by atoms with Crippen LogP contribution < -0.4 is 5.32 Å². The van der Waals surface area contributed by atoms with Gasteiger partial charge in [0.05, 0.1) is 19.8 Å². The van der Waals surface area contributed by atoms with E-state index >= 15 is 0 Å². The normalized spacial score (nSPS) is 27.2. The van der Waals surface area contributed by atoms with Gasteiger partial charge >= 0.3 is 0 Å². The summed E-state index contributed by atoms with van der Waals surface area (Å²) in [5.74, 6) is -0.674. The van der Waals surface area contributed by atoms with E-state index in [2.05, 4.69) is 11.9 Å². The number of nitrogens with one attached hydrogen (secondary N) is 1. The molecule has 0 spiro atoms. The fraction of sp³-hybridized carbons (Fsp3) is 0.625. The van der Waals surface area contributed by atoms with E-state index in [0.29, 0.717) is 0 Å². The molecule has 0 aromatic rings. The van der Waals surface area contributed by atoms with Crippen LogP contribution in [0.1, 0.15) is 6.42 Å². The first-order chi connectivity index (χ1) is 6.04. The van der Waals surface area contributed by atoms with Gasteiger partial charge in [0.2, 0.25) is 5.67 Å². The third kappa shape index (κ3) is 2.67. The largest absolute Gasteiger partial charge is 0.377 e. The zero-order valence-corrected chi connectivity index (χ0v) is 7.86. The Morgan fingerprint density at radius 1 is 1.77 bits per heavy atom. The molecule has 0 radical (unpaired) electrons. The lowest BCUT2D eigenvalue weighted by Crippen LogP contribution is -2.44. The summed E-state index contributed by atoms with van der Waals surface area (Å²) >= 11 is 5.41. The summed E-state index contributed by atoms with van der Waals surface area (Å²) in [6.45, 7) is 3.57. The summed E-state index contributed by atoms with van der Waals surface area (Å²) in [6, 6.07) is 0. The maximum atomic E-state index is 13.5. The molecule has 1 N–H and O–H groups in total. The number of hydrogen-bond acceptors (Lipinski definition) is 2. The first-order valence-electron chi connectivity index (χ1n) is 3.93. The molecule has 1 aliphatic heterocycles. The van der Waals surface area contributed by atoms with E-state index in [0.717, 1.165) is 0 Å². The van der Waals surface area contributed by atoms with Crippen molar-refractivity contribution in [1.82, 2.24) is 5.32 Å². The summed E-state index contributed by atoms with van der Waals surface area (Å²) in [5, 5.41) is 2.61. The van der Waals surface area contributed by atoms with Crippen molar-refractivity contribution in [2.45, 2.75) is 12.1 Å². The van der Waals surface area contributed by atoms with Gasteiger partial charge in [-0.05, 0) is 0 Å². The quantitative estimate of drug-likeness (QED) is 0.750. The summed E-state index contributed by atoms with van der Waals surface area (Å²) in [6.07, 6.45) is 0.105. The van der Waals surface area contributed by atoms with Crippen LogP contribution in [0, 0.1) is 0 Å². The molecule has 0 bridgehead atoms. The van der Waals surface area contributed by atoms with Crippen LogP contribution >= 0.6 is 11.6 Å². The van der Waals surface area contributed by atoms with Gasteiger partial charge in [-0.2, -0.15) is 0 Å². The summed E-state index contributed by atoms with van der Waals surface area (Å²) < 4.78 is 18.3. The Morgan fingerprint density at radius 3 is 2.92 bits per heavy atom. The van der Waals surface area contributed by atoms with Crippen LogP contribution in [-0.4, -0.2) is 31.3 Å². The first-order valence-corrected chi connectivity index (χ1v) is 4.31. The maximum absolute atomic E-state index is 13.5. The molecule has 5 heteroatoms. The van der Waals surface area contributed by atoms with Crippen molar-refractivity contribution in [1.29, 1.82) is 0 Å². The van der Waals surface area contributed by atoms with Gasteiger partial charge in [0.15, 0.2) is 0 Å². The van der Waals surface area contributed by atoms with Crippen LogP contribution in [0.4, 0.5) is 4.39 Å². The lowest BCUT2D eigenvalue weighted by Gasteiger charge is -2.15. The number of hydrogen-bond donors (Lipinski definition) is 1. The molecular weight excluding hydrogens is 197 g/mol. The predicted molar refractivity (Wildman–Crippen MR) is 47.3 cm³/mol. The minimum absolute atomic E-state index is 0.0893. The predicted octanol–water partition coefficient (Wildman–Crippen LogP) is 0.984. The Hall–Kier alpha value is -0.610. The number of alkyl halides is 1. The highest BCUT2D eigenvalue weighted by molar-refractivity contribution is 6.29. The van der Waals surface area contributed by atoms with E-state index in [-0.39, 0.29) is 31.2 Å². The molecule has 0 aromatic carbocycles. The van der Waals surface area contributed by atoms with Crippen molar-refractivity contribution in [3.8, 4) is 0 Å². The highest BCUT2D eigenvalue weighted by Gasteiger charge is 2.42. The second-order valence-corrected chi connectivity index (χ2v) is 3.50. The van der Waals surface area contributed by atoms with Crippen molar-refractivity contribution >= 4 is 17.5 Å². The maximum Gasteiger partial charge on any atom is 0.260 e. The van der Waals surface area contributed by atoms with E-state index in [9.17, 15) is 9.18 Å². The Bertz CT molecular complexity index is 226. The molecule has 0 aliphatic carbocycles. The number of carbonyl (C=O) groups excluding carboxylic acids is 1. The molecule has 0 saturated carbocycles. The SMILES string of the molecule is C=C(Cl)CNC(=O)C1(F)CCOC1. The van der Waals surface area contributed by atoms with Gasteiger partial charge in [0.25, 0.3) is 5.91 Å². The fourth-order valence-corrected chi connectivity index (χ4v) is 1.12. The molecule has 13 heavy (non-hydrogen) atoms. The van der Waals surface area contributed by atoms with Crippen molar-refractivity contribution < 1.29 is 13.9 Å². The number of amides is 1. The molecule has 1 rings (SSSR count). The average Bonchev–Trinajstić information content (AvgIpc) is 2.49. The zero-order valence-electron chi connectivity index (χ0n) is 7.11. The Morgan fingerprint density at radius 2 is 2.46 bits per heavy atom. The molecular formula is C8H11ClFNO2. The molecule has 1 atom stereocenters. The average molecular weight is 208 g/mol. The number of rotatable bonds is 3. The van der Waals surface area contributed by atoms with Crippen LogP contribution in [0.5, 0.6) is 0 Å². The van der Waals surface area contributed by atoms with Gasteiger partial charge in [-0.1, -0.05) is 18.2 Å². The van der Waals surface area contributed by atoms with Crippen molar-refractivity contribution in [2.75, 3.05) is 19.8 Å². The number of carbonyl (C=O) groups is 1. The monoisotopic (exact) mass is 207 g/mol. The molecule has 3 nitrogen and oxygen atoms in total. The third-order valence-corrected chi connectivity index (χ3v) is 1.95. The van der Waals surface area contributed by atoms with Crippen molar-refractivity contribution in [2.24, 2.45) is 0 Å². The topological polar surface area (TPSA) is 38.3 Å². The Labute approximate surface area is 80.9 Å². The minimum Gasteiger partial charge on any atom is -0.377 e. The van der Waals surface area contributed by atoms with Crippen LogP contribution in [0.25, 0.3) is 0 Å². The van der Waals surface area contributed by atoms with Crippen LogP contribution in [0.2, 0.25) is 0 Å². The minimum atomic E-state index is -1.88. The Balaban J connectivity index is 2.42. The van der Waals surface area contributed by atoms with Gasteiger partial charge in [0, 0.05) is 11.5 Å². The molecule has 74 valence electrons. The van der Waals surface area contributed by atoms with Crippen molar-refractivity contribution in [3.63, 3.8) is 0 Å². The second-order valence-electron chi connectivity index (χ2n) is 2.97. The second kappa shape index (κ2) is 4.07. The lowest BCUT2D eigenvalue weighted by molar-refractivity contribution is -0.132. The fourth-order valence-electron chi connectivity index (χ4n) is 1.05. The van der Waals surface area contributed by atoms with Crippen LogP contribution in [0.15, 0.2) is 11.6 Å². The molecule has 1 saturated heterocycles. The van der Waals surface area contributed by atoms with E-state index in [1.54, 1.807) is 0 Å². The highest BCUT2D eigenvalue weighted by atomic mass is 35.5. The molecule has 1 heterocycles. The van der Waals surface area contributed by atoms with Gasteiger partial charge in [0.1, 0.15) is 0 Å².